The lowest BCUT2D eigenvalue weighted by atomic mass is 10.1. The van der Waals surface area contributed by atoms with Crippen LogP contribution in [0.4, 0.5) is 8.78 Å². The molecule has 1 amide bonds. The summed E-state index contributed by atoms with van der Waals surface area (Å²) >= 11 is 1.32. The van der Waals surface area contributed by atoms with Gasteiger partial charge in [-0.25, -0.2) is 8.78 Å². The van der Waals surface area contributed by atoms with Crippen LogP contribution in [0.3, 0.4) is 0 Å². The average molecular weight is 500 g/mol. The van der Waals surface area contributed by atoms with Gasteiger partial charge in [0.15, 0.2) is 11.0 Å². The molecule has 186 valence electrons. The lowest BCUT2D eigenvalue weighted by Gasteiger charge is -2.32. The van der Waals surface area contributed by atoms with Crippen molar-refractivity contribution in [1.82, 2.24) is 24.6 Å². The van der Waals surface area contributed by atoms with Crippen LogP contribution in [0.15, 0.2) is 53.7 Å². The summed E-state index contributed by atoms with van der Waals surface area (Å²) < 4.78 is 29.1. The molecule has 4 rings (SSSR count). The number of piperidine rings is 1. The molecule has 1 fully saturated rings. The lowest BCUT2D eigenvalue weighted by molar-refractivity contribution is -0.129. The Kier molecular flexibility index (Phi) is 8.18. The third-order valence-corrected chi connectivity index (χ3v) is 7.40. The molecule has 2 aromatic carbocycles. The molecule has 9 heteroatoms. The van der Waals surface area contributed by atoms with Crippen LogP contribution in [0.1, 0.15) is 50.5 Å². The van der Waals surface area contributed by atoms with Crippen LogP contribution in [0, 0.1) is 11.6 Å². The largest absolute Gasteiger partial charge is 0.340 e. The van der Waals surface area contributed by atoms with E-state index in [1.165, 1.54) is 42.4 Å². The third kappa shape index (κ3) is 6.08. The first kappa shape index (κ1) is 25.3. The van der Waals surface area contributed by atoms with Crippen LogP contribution in [-0.4, -0.2) is 55.9 Å². The van der Waals surface area contributed by atoms with Crippen molar-refractivity contribution in [1.29, 1.82) is 0 Å². The van der Waals surface area contributed by atoms with Gasteiger partial charge in [0.2, 0.25) is 5.91 Å². The monoisotopic (exact) mass is 499 g/mol. The summed E-state index contributed by atoms with van der Waals surface area (Å²) in [5.41, 5.74) is 1.48. The molecule has 35 heavy (non-hydrogen) atoms. The van der Waals surface area contributed by atoms with E-state index in [4.69, 9.17) is 0 Å². The minimum atomic E-state index is -0.449. The van der Waals surface area contributed by atoms with Gasteiger partial charge in [-0.3, -0.25) is 14.3 Å². The number of rotatable bonds is 8. The van der Waals surface area contributed by atoms with Crippen molar-refractivity contribution in [3.05, 3.63) is 71.6 Å². The molecule has 2 atom stereocenters. The van der Waals surface area contributed by atoms with E-state index in [-0.39, 0.29) is 23.6 Å². The molecule has 0 aliphatic carbocycles. The number of nitrogens with zero attached hydrogens (tertiary/aromatic N) is 5. The number of carbonyl (C=O) groups is 1. The zero-order valence-corrected chi connectivity index (χ0v) is 21.1. The van der Waals surface area contributed by atoms with E-state index in [1.807, 2.05) is 11.5 Å². The molecule has 0 saturated carbocycles. The molecule has 0 spiro atoms. The predicted molar refractivity (Wildman–Crippen MR) is 133 cm³/mol. The van der Waals surface area contributed by atoms with Crippen molar-refractivity contribution >= 4 is 17.7 Å². The number of aromatic nitrogens is 3. The first-order valence-electron chi connectivity index (χ1n) is 11.9. The minimum absolute atomic E-state index is 0.0314. The molecule has 2 heterocycles. The predicted octanol–water partition coefficient (Wildman–Crippen LogP) is 5.23. The van der Waals surface area contributed by atoms with Crippen molar-refractivity contribution in [3.8, 4) is 5.69 Å². The van der Waals surface area contributed by atoms with E-state index in [9.17, 15) is 13.6 Å². The Morgan fingerprint density at radius 2 is 1.74 bits per heavy atom. The Balaban J connectivity index is 1.56. The zero-order chi connectivity index (χ0) is 24.9. The second-order valence-electron chi connectivity index (χ2n) is 9.01. The number of thioether (sulfide) groups is 1. The van der Waals surface area contributed by atoms with Gasteiger partial charge in [0.25, 0.3) is 0 Å². The van der Waals surface area contributed by atoms with Crippen LogP contribution in [-0.2, 0) is 11.3 Å². The topological polar surface area (TPSA) is 54.3 Å². The molecular weight excluding hydrogens is 468 g/mol. The van der Waals surface area contributed by atoms with E-state index < -0.39 is 5.25 Å². The SMILES string of the molecule is C[C@@H](Sc1nnc([C@H](C)N2CCCCC2)n1-c1ccc(F)cc1)C(=O)N(C)Cc1cccc(F)c1. The van der Waals surface area contributed by atoms with E-state index in [1.54, 1.807) is 36.2 Å². The molecule has 1 saturated heterocycles. The van der Waals surface area contributed by atoms with Gasteiger partial charge in [0.05, 0.1) is 11.3 Å². The normalized spacial score (nSPS) is 16.1. The summed E-state index contributed by atoms with van der Waals surface area (Å²) in [6, 6.07) is 12.5. The summed E-state index contributed by atoms with van der Waals surface area (Å²) in [6.07, 6.45) is 3.54. The Morgan fingerprint density at radius 3 is 2.43 bits per heavy atom. The summed E-state index contributed by atoms with van der Waals surface area (Å²) in [7, 11) is 1.71. The summed E-state index contributed by atoms with van der Waals surface area (Å²) in [6.45, 7) is 6.25. The van der Waals surface area contributed by atoms with E-state index >= 15 is 0 Å². The summed E-state index contributed by atoms with van der Waals surface area (Å²) in [5.74, 6) is 0.0324. The first-order chi connectivity index (χ1) is 16.8. The smallest absolute Gasteiger partial charge is 0.235 e. The van der Waals surface area contributed by atoms with Gasteiger partial charge in [-0.1, -0.05) is 30.3 Å². The molecule has 0 radical (unpaired) electrons. The summed E-state index contributed by atoms with van der Waals surface area (Å²) in [5, 5.41) is 9.09. The van der Waals surface area contributed by atoms with Gasteiger partial charge in [-0.05, 0) is 81.7 Å². The van der Waals surface area contributed by atoms with Gasteiger partial charge in [-0.2, -0.15) is 0 Å². The van der Waals surface area contributed by atoms with Crippen molar-refractivity contribution in [2.75, 3.05) is 20.1 Å². The number of benzene rings is 2. The highest BCUT2D eigenvalue weighted by Crippen LogP contribution is 2.31. The quantitative estimate of drug-likeness (QED) is 0.397. The third-order valence-electron chi connectivity index (χ3n) is 6.37. The Bertz CT molecular complexity index is 1150. The highest BCUT2D eigenvalue weighted by molar-refractivity contribution is 8.00. The fourth-order valence-electron chi connectivity index (χ4n) is 4.44. The van der Waals surface area contributed by atoms with Gasteiger partial charge in [-0.15, -0.1) is 10.2 Å². The summed E-state index contributed by atoms with van der Waals surface area (Å²) in [4.78, 5) is 17.1. The second-order valence-corrected chi connectivity index (χ2v) is 10.3. The molecule has 0 N–H and O–H groups in total. The van der Waals surface area contributed by atoms with Gasteiger partial charge in [0, 0.05) is 19.3 Å². The average Bonchev–Trinajstić information content (AvgIpc) is 3.27. The van der Waals surface area contributed by atoms with E-state index in [0.29, 0.717) is 11.7 Å². The van der Waals surface area contributed by atoms with Gasteiger partial charge in [0.1, 0.15) is 11.6 Å². The Morgan fingerprint density at radius 1 is 1.03 bits per heavy atom. The second kappa shape index (κ2) is 11.3. The molecule has 6 nitrogen and oxygen atoms in total. The fourth-order valence-corrected chi connectivity index (χ4v) is 5.43. The number of likely N-dealkylation sites (tertiary alicyclic amines) is 1. The number of halogens is 2. The van der Waals surface area contributed by atoms with E-state index in [0.717, 1.165) is 43.0 Å². The van der Waals surface area contributed by atoms with E-state index in [2.05, 4.69) is 22.0 Å². The number of hydrogen-bond acceptors (Lipinski definition) is 5. The van der Waals surface area contributed by atoms with Crippen molar-refractivity contribution in [2.24, 2.45) is 0 Å². The van der Waals surface area contributed by atoms with Gasteiger partial charge >= 0.3 is 0 Å². The number of carbonyl (C=O) groups excluding carboxylic acids is 1. The van der Waals surface area contributed by atoms with Crippen LogP contribution >= 0.6 is 11.8 Å². The maximum atomic E-state index is 13.7. The van der Waals surface area contributed by atoms with Crippen LogP contribution in [0.5, 0.6) is 0 Å². The molecule has 1 aliphatic heterocycles. The standard InChI is InChI=1S/C26H31F2N5OS/c1-18(32-14-5-4-6-15-32)24-29-30-26(33(24)23-12-10-21(27)11-13-23)35-19(2)25(34)31(3)17-20-8-7-9-22(28)16-20/h7-13,16,18-19H,4-6,14-15,17H2,1-3H3/t18-,19+/m0/s1. The Hall–Kier alpha value is -2.78. The Labute approximate surface area is 209 Å². The molecule has 1 aliphatic rings. The highest BCUT2D eigenvalue weighted by Gasteiger charge is 2.28. The van der Waals surface area contributed by atoms with Crippen LogP contribution in [0.2, 0.25) is 0 Å². The number of amides is 1. The molecule has 1 aromatic heterocycles. The highest BCUT2D eigenvalue weighted by atomic mass is 32.2. The fraction of sp³-hybridized carbons (Fsp3) is 0.423. The van der Waals surface area contributed by atoms with Crippen LogP contribution < -0.4 is 0 Å². The zero-order valence-electron chi connectivity index (χ0n) is 20.3. The molecule has 0 unspecified atom stereocenters. The van der Waals surface area contributed by atoms with Crippen LogP contribution in [0.25, 0.3) is 5.69 Å². The van der Waals surface area contributed by atoms with Crippen molar-refractivity contribution in [2.45, 2.75) is 56.1 Å². The minimum Gasteiger partial charge on any atom is -0.340 e. The molecule has 3 aromatic rings. The van der Waals surface area contributed by atoms with Crippen molar-refractivity contribution in [3.63, 3.8) is 0 Å². The van der Waals surface area contributed by atoms with Gasteiger partial charge < -0.3 is 4.90 Å². The maximum absolute atomic E-state index is 13.7. The molecule has 0 bridgehead atoms. The first-order valence-corrected chi connectivity index (χ1v) is 12.8. The lowest BCUT2D eigenvalue weighted by Crippen LogP contribution is -2.34. The maximum Gasteiger partial charge on any atom is 0.235 e. The number of hydrogen-bond donors (Lipinski definition) is 0. The van der Waals surface area contributed by atoms with Crippen molar-refractivity contribution < 1.29 is 13.6 Å². The molecular formula is C26H31F2N5OS.